The van der Waals surface area contributed by atoms with Crippen LogP contribution in [-0.2, 0) is 0 Å². The summed E-state index contributed by atoms with van der Waals surface area (Å²) >= 11 is 3.07. The first kappa shape index (κ1) is 12.5. The van der Waals surface area contributed by atoms with Crippen LogP contribution in [0.15, 0.2) is 16.7 Å². The number of anilines is 1. The lowest BCUT2D eigenvalue weighted by Crippen LogP contribution is -2.22. The number of halogens is 1. The normalized spacial score (nSPS) is 11.6. The minimum atomic E-state index is -1.07. The van der Waals surface area contributed by atoms with Crippen LogP contribution in [0.25, 0.3) is 0 Å². The van der Waals surface area contributed by atoms with Crippen molar-refractivity contribution in [1.82, 2.24) is 4.98 Å². The number of aliphatic hydroxyl groups is 1. The molecule has 16 heavy (non-hydrogen) atoms. The van der Waals surface area contributed by atoms with Crippen molar-refractivity contribution in [2.75, 3.05) is 11.9 Å². The fourth-order valence-corrected chi connectivity index (χ4v) is 1.39. The van der Waals surface area contributed by atoms with E-state index < -0.39 is 12.0 Å². The molecule has 1 aromatic rings. The number of aliphatic hydroxyl groups excluding tert-OH is 1. The van der Waals surface area contributed by atoms with Crippen molar-refractivity contribution in [3.63, 3.8) is 0 Å². The molecular weight excluding hydrogens is 276 g/mol. The summed E-state index contributed by atoms with van der Waals surface area (Å²) in [6, 6.07) is 0.752. The molecule has 0 amide bonds. The zero-order chi connectivity index (χ0) is 12.1. The highest BCUT2D eigenvalue weighted by atomic mass is 79.9. The zero-order valence-electron chi connectivity index (χ0n) is 8.14. The summed E-state index contributed by atoms with van der Waals surface area (Å²) in [5, 5.41) is 20.4. The Morgan fingerprint density at radius 3 is 2.94 bits per heavy atom. The molecule has 1 aromatic heterocycles. The molecule has 1 heterocycles. The van der Waals surface area contributed by atoms with Gasteiger partial charge in [0, 0.05) is 6.20 Å². The third-order valence-corrected chi connectivity index (χ3v) is 2.42. The SMILES string of the molecule is C#CC(CO)Nc1cc(C(=O)O)c(Br)cn1. The summed E-state index contributed by atoms with van der Waals surface area (Å²) in [5.41, 5.74) is 0.0752. The van der Waals surface area contributed by atoms with E-state index in [1.54, 1.807) is 0 Å². The van der Waals surface area contributed by atoms with Gasteiger partial charge in [0.1, 0.15) is 11.9 Å². The quantitative estimate of drug-likeness (QED) is 0.717. The Hall–Kier alpha value is -1.58. The highest BCUT2D eigenvalue weighted by molar-refractivity contribution is 9.10. The summed E-state index contributed by atoms with van der Waals surface area (Å²) in [6.45, 7) is -0.253. The van der Waals surface area contributed by atoms with Crippen molar-refractivity contribution in [1.29, 1.82) is 0 Å². The topological polar surface area (TPSA) is 82.5 Å². The molecule has 0 saturated carbocycles. The Morgan fingerprint density at radius 1 is 1.75 bits per heavy atom. The van der Waals surface area contributed by atoms with Gasteiger partial charge in [-0.2, -0.15) is 0 Å². The molecule has 3 N–H and O–H groups in total. The molecule has 84 valence electrons. The minimum Gasteiger partial charge on any atom is -0.478 e. The number of hydrogen-bond acceptors (Lipinski definition) is 4. The van der Waals surface area contributed by atoms with Crippen LogP contribution in [0.5, 0.6) is 0 Å². The van der Waals surface area contributed by atoms with Crippen molar-refractivity contribution in [2.45, 2.75) is 6.04 Å². The van der Waals surface area contributed by atoms with Gasteiger partial charge >= 0.3 is 5.97 Å². The van der Waals surface area contributed by atoms with Crippen LogP contribution in [-0.4, -0.2) is 33.8 Å². The molecular formula is C10H9BrN2O3. The summed E-state index contributed by atoms with van der Waals surface area (Å²) in [6.07, 6.45) is 6.49. The molecule has 0 aliphatic rings. The van der Waals surface area contributed by atoms with E-state index in [0.717, 1.165) is 0 Å². The number of aromatic carboxylic acids is 1. The summed E-state index contributed by atoms with van der Waals surface area (Å²) in [4.78, 5) is 14.8. The minimum absolute atomic E-state index is 0.0752. The molecule has 0 bridgehead atoms. The highest BCUT2D eigenvalue weighted by Gasteiger charge is 2.11. The first-order valence-corrected chi connectivity index (χ1v) is 5.10. The number of terminal acetylenes is 1. The largest absolute Gasteiger partial charge is 0.478 e. The van der Waals surface area contributed by atoms with Crippen molar-refractivity contribution in [3.8, 4) is 12.3 Å². The third-order valence-electron chi connectivity index (χ3n) is 1.79. The monoisotopic (exact) mass is 284 g/mol. The summed E-state index contributed by atoms with van der Waals surface area (Å²) in [5.74, 6) is 1.54. The van der Waals surface area contributed by atoms with Gasteiger partial charge in [-0.1, -0.05) is 5.92 Å². The van der Waals surface area contributed by atoms with Gasteiger partial charge in [-0.25, -0.2) is 9.78 Å². The highest BCUT2D eigenvalue weighted by Crippen LogP contribution is 2.18. The average Bonchev–Trinajstić information content (AvgIpc) is 2.27. The molecule has 1 rings (SSSR count). The lowest BCUT2D eigenvalue weighted by molar-refractivity contribution is 0.0696. The van der Waals surface area contributed by atoms with E-state index in [1.807, 2.05) is 0 Å². The van der Waals surface area contributed by atoms with E-state index in [1.165, 1.54) is 12.3 Å². The van der Waals surface area contributed by atoms with Crippen LogP contribution < -0.4 is 5.32 Å². The van der Waals surface area contributed by atoms with E-state index >= 15 is 0 Å². The van der Waals surface area contributed by atoms with Gasteiger partial charge in [0.15, 0.2) is 0 Å². The standard InChI is InChI=1S/C10H9BrN2O3/c1-2-6(5-14)13-9-3-7(10(15)16)8(11)4-12-9/h1,3-4,6,14H,5H2,(H,12,13)(H,15,16). The van der Waals surface area contributed by atoms with Crippen molar-refractivity contribution in [3.05, 3.63) is 22.3 Å². The van der Waals surface area contributed by atoms with Crippen LogP contribution in [0.3, 0.4) is 0 Å². The number of carboxylic acids is 1. The second-order valence-corrected chi connectivity index (χ2v) is 3.76. The Bertz CT molecular complexity index is 442. The van der Waals surface area contributed by atoms with Crippen LogP contribution in [0, 0.1) is 12.3 Å². The maximum absolute atomic E-state index is 10.8. The number of aromatic nitrogens is 1. The van der Waals surface area contributed by atoms with Gasteiger partial charge in [0.2, 0.25) is 0 Å². The fourth-order valence-electron chi connectivity index (χ4n) is 1.00. The Balaban J connectivity index is 2.96. The first-order chi connectivity index (χ1) is 7.58. The van der Waals surface area contributed by atoms with Gasteiger partial charge in [-0.05, 0) is 22.0 Å². The van der Waals surface area contributed by atoms with Gasteiger partial charge in [-0.3, -0.25) is 0 Å². The number of carbonyl (C=O) groups is 1. The lowest BCUT2D eigenvalue weighted by Gasteiger charge is -2.11. The van der Waals surface area contributed by atoms with E-state index in [9.17, 15) is 4.79 Å². The lowest BCUT2D eigenvalue weighted by atomic mass is 10.2. The average molecular weight is 285 g/mol. The number of carboxylic acid groups (broad SMARTS) is 1. The van der Waals surface area contributed by atoms with Crippen LogP contribution in [0.2, 0.25) is 0 Å². The van der Waals surface area contributed by atoms with Crippen LogP contribution in [0.4, 0.5) is 5.82 Å². The summed E-state index contributed by atoms with van der Waals surface area (Å²) in [7, 11) is 0. The fraction of sp³-hybridized carbons (Fsp3) is 0.200. The van der Waals surface area contributed by atoms with Crippen molar-refractivity contribution in [2.24, 2.45) is 0 Å². The molecule has 0 spiro atoms. The number of pyridine rings is 1. The predicted octanol–water partition coefficient (Wildman–Crippen LogP) is 0.948. The predicted molar refractivity (Wildman–Crippen MR) is 62.2 cm³/mol. The van der Waals surface area contributed by atoms with Crippen molar-refractivity contribution >= 4 is 27.7 Å². The molecule has 1 unspecified atom stereocenters. The number of rotatable bonds is 4. The van der Waals surface area contributed by atoms with Gasteiger partial charge < -0.3 is 15.5 Å². The van der Waals surface area contributed by atoms with E-state index in [2.05, 4.69) is 32.2 Å². The third kappa shape index (κ3) is 2.95. The molecule has 0 aliphatic heterocycles. The molecule has 0 radical (unpaired) electrons. The second-order valence-electron chi connectivity index (χ2n) is 2.90. The van der Waals surface area contributed by atoms with Gasteiger partial charge in [0.25, 0.3) is 0 Å². The van der Waals surface area contributed by atoms with Crippen LogP contribution in [0.1, 0.15) is 10.4 Å². The van der Waals surface area contributed by atoms with Gasteiger partial charge in [-0.15, -0.1) is 6.42 Å². The van der Waals surface area contributed by atoms with Crippen LogP contribution >= 0.6 is 15.9 Å². The molecule has 0 aromatic carbocycles. The molecule has 0 saturated heterocycles. The van der Waals surface area contributed by atoms with E-state index in [0.29, 0.717) is 10.3 Å². The molecule has 5 nitrogen and oxygen atoms in total. The number of nitrogens with zero attached hydrogens (tertiary/aromatic N) is 1. The zero-order valence-corrected chi connectivity index (χ0v) is 9.73. The smallest absolute Gasteiger partial charge is 0.337 e. The molecule has 0 fully saturated rings. The Kier molecular flexibility index (Phi) is 4.28. The molecule has 1 atom stereocenters. The maximum Gasteiger partial charge on any atom is 0.337 e. The van der Waals surface area contributed by atoms with E-state index in [4.69, 9.17) is 16.6 Å². The Labute approximate surface area is 101 Å². The number of nitrogens with one attached hydrogen (secondary N) is 1. The van der Waals surface area contributed by atoms with E-state index in [-0.39, 0.29) is 12.2 Å². The summed E-state index contributed by atoms with van der Waals surface area (Å²) < 4.78 is 0.381. The van der Waals surface area contributed by atoms with Crippen molar-refractivity contribution < 1.29 is 15.0 Å². The Morgan fingerprint density at radius 2 is 2.44 bits per heavy atom. The molecule has 0 aliphatic carbocycles. The number of hydrogen-bond donors (Lipinski definition) is 3. The molecule has 6 heteroatoms. The second kappa shape index (κ2) is 5.49. The maximum atomic E-state index is 10.8. The first-order valence-electron chi connectivity index (χ1n) is 4.31. The van der Waals surface area contributed by atoms with Gasteiger partial charge in [0.05, 0.1) is 16.6 Å².